The van der Waals surface area contributed by atoms with E-state index in [1.807, 2.05) is 30.3 Å². The third-order valence-electron chi connectivity index (χ3n) is 4.44. The van der Waals surface area contributed by atoms with Crippen LogP contribution < -0.4 is 4.72 Å². The predicted octanol–water partition coefficient (Wildman–Crippen LogP) is 2.60. The van der Waals surface area contributed by atoms with Gasteiger partial charge >= 0.3 is 0 Å². The van der Waals surface area contributed by atoms with Crippen molar-refractivity contribution in [2.45, 2.75) is 30.7 Å². The quantitative estimate of drug-likeness (QED) is 0.604. The van der Waals surface area contributed by atoms with E-state index in [9.17, 15) is 17.6 Å². The van der Waals surface area contributed by atoms with Gasteiger partial charge < -0.3 is 9.64 Å². The van der Waals surface area contributed by atoms with E-state index in [1.165, 1.54) is 31.7 Å². The van der Waals surface area contributed by atoms with E-state index in [-0.39, 0.29) is 5.91 Å². The molecule has 8 heteroatoms. The van der Waals surface area contributed by atoms with Crippen LogP contribution in [0.5, 0.6) is 0 Å². The van der Waals surface area contributed by atoms with Gasteiger partial charge in [0, 0.05) is 20.2 Å². The molecule has 0 spiro atoms. The number of amides is 1. The summed E-state index contributed by atoms with van der Waals surface area (Å²) in [4.78, 5) is 13.9. The van der Waals surface area contributed by atoms with E-state index in [2.05, 4.69) is 4.72 Å². The van der Waals surface area contributed by atoms with Gasteiger partial charge in [-0.3, -0.25) is 4.79 Å². The van der Waals surface area contributed by atoms with Crippen LogP contribution in [-0.2, 0) is 26.0 Å². The fraction of sp³-hybridized carbons (Fsp3) is 0.381. The Hall–Kier alpha value is -2.29. The van der Waals surface area contributed by atoms with Crippen molar-refractivity contribution in [1.82, 2.24) is 9.62 Å². The van der Waals surface area contributed by atoms with E-state index in [0.29, 0.717) is 19.7 Å². The van der Waals surface area contributed by atoms with Gasteiger partial charge in [0.15, 0.2) is 0 Å². The molecule has 0 aliphatic heterocycles. The zero-order chi connectivity index (χ0) is 21.3. The van der Waals surface area contributed by atoms with Crippen molar-refractivity contribution >= 4 is 15.9 Å². The topological polar surface area (TPSA) is 75.7 Å². The van der Waals surface area contributed by atoms with Crippen molar-refractivity contribution in [2.24, 2.45) is 0 Å². The summed E-state index contributed by atoms with van der Waals surface area (Å²) in [6.45, 7) is 2.60. The van der Waals surface area contributed by atoms with Crippen LogP contribution in [0.2, 0.25) is 0 Å². The summed E-state index contributed by atoms with van der Waals surface area (Å²) in [6.07, 6.45) is 1.53. The molecule has 0 saturated heterocycles. The van der Waals surface area contributed by atoms with Gasteiger partial charge in [-0.25, -0.2) is 12.8 Å². The Morgan fingerprint density at radius 2 is 1.76 bits per heavy atom. The van der Waals surface area contributed by atoms with Crippen molar-refractivity contribution in [2.75, 3.05) is 26.8 Å². The summed E-state index contributed by atoms with van der Waals surface area (Å²) >= 11 is 0. The lowest BCUT2D eigenvalue weighted by atomic mass is 10.1. The lowest BCUT2D eigenvalue weighted by Crippen LogP contribution is -2.48. The van der Waals surface area contributed by atoms with E-state index >= 15 is 0 Å². The maximum absolute atomic E-state index is 13.9. The highest BCUT2D eigenvalue weighted by molar-refractivity contribution is 7.89. The van der Waals surface area contributed by atoms with E-state index in [0.717, 1.165) is 25.0 Å². The molecule has 0 aliphatic carbocycles. The first kappa shape index (κ1) is 23.0. The number of hydrogen-bond donors (Lipinski definition) is 1. The minimum Gasteiger partial charge on any atom is -0.383 e. The van der Waals surface area contributed by atoms with Crippen molar-refractivity contribution in [3.63, 3.8) is 0 Å². The molecule has 2 aromatic carbocycles. The lowest BCUT2D eigenvalue weighted by Gasteiger charge is -2.26. The van der Waals surface area contributed by atoms with Crippen LogP contribution in [0, 0.1) is 5.82 Å². The first-order valence-corrected chi connectivity index (χ1v) is 10.9. The van der Waals surface area contributed by atoms with E-state index in [4.69, 9.17) is 4.74 Å². The van der Waals surface area contributed by atoms with Gasteiger partial charge in [-0.2, -0.15) is 4.72 Å². The smallest absolute Gasteiger partial charge is 0.244 e. The molecule has 0 unspecified atom stereocenters. The molecule has 29 heavy (non-hydrogen) atoms. The average Bonchev–Trinajstić information content (AvgIpc) is 2.70. The number of nitrogens with one attached hydrogen (secondary N) is 1. The number of nitrogens with zero attached hydrogens (tertiary/aromatic N) is 1. The number of aryl methyl sites for hydroxylation is 1. The normalized spacial score (nSPS) is 12.5. The summed E-state index contributed by atoms with van der Waals surface area (Å²) in [5, 5.41) is 0. The zero-order valence-electron chi connectivity index (χ0n) is 16.7. The third-order valence-corrected chi connectivity index (χ3v) is 6.02. The minimum absolute atomic E-state index is 0.337. The number of rotatable bonds is 11. The van der Waals surface area contributed by atoms with Crippen LogP contribution in [-0.4, -0.2) is 52.1 Å². The molecule has 1 atom stereocenters. The standard InChI is InChI=1S/C21H27FN2O4S/c1-17(23-29(26,27)20-13-7-6-12-19(20)22)21(25)24(15-16-28-2)14-8-11-18-9-4-3-5-10-18/h3-7,9-10,12-13,17,23H,8,11,14-16H2,1-2H3/t17-/m0/s1. The average molecular weight is 423 g/mol. The Kier molecular flexibility index (Phi) is 8.75. The minimum atomic E-state index is -4.16. The van der Waals surface area contributed by atoms with E-state index < -0.39 is 26.8 Å². The Morgan fingerprint density at radius 1 is 1.10 bits per heavy atom. The first-order valence-electron chi connectivity index (χ1n) is 9.43. The molecule has 0 bridgehead atoms. The summed E-state index contributed by atoms with van der Waals surface area (Å²) in [5.74, 6) is -1.24. The second-order valence-corrected chi connectivity index (χ2v) is 8.36. The van der Waals surface area contributed by atoms with Crippen molar-refractivity contribution in [3.05, 3.63) is 66.0 Å². The van der Waals surface area contributed by atoms with Gasteiger partial charge in [-0.15, -0.1) is 0 Å². The molecule has 2 rings (SSSR count). The first-order chi connectivity index (χ1) is 13.8. The van der Waals surface area contributed by atoms with Gasteiger partial charge in [0.05, 0.1) is 12.6 Å². The van der Waals surface area contributed by atoms with Crippen LogP contribution in [0.25, 0.3) is 0 Å². The summed E-state index contributed by atoms with van der Waals surface area (Å²) < 4.78 is 46.1. The highest BCUT2D eigenvalue weighted by atomic mass is 32.2. The maximum Gasteiger partial charge on any atom is 0.244 e. The Bertz CT molecular complexity index is 891. The lowest BCUT2D eigenvalue weighted by molar-refractivity contribution is -0.133. The number of hydrogen-bond acceptors (Lipinski definition) is 4. The number of benzene rings is 2. The fourth-order valence-electron chi connectivity index (χ4n) is 2.94. The van der Waals surface area contributed by atoms with Crippen LogP contribution in [0.1, 0.15) is 18.9 Å². The molecule has 0 saturated carbocycles. The molecule has 0 heterocycles. The largest absolute Gasteiger partial charge is 0.383 e. The van der Waals surface area contributed by atoms with Gasteiger partial charge in [-0.1, -0.05) is 42.5 Å². The number of ether oxygens (including phenoxy) is 1. The Balaban J connectivity index is 2.02. The molecule has 2 aromatic rings. The molecular weight excluding hydrogens is 395 g/mol. The molecule has 0 aliphatic rings. The van der Waals surface area contributed by atoms with Crippen LogP contribution in [0.3, 0.4) is 0 Å². The molecule has 0 radical (unpaired) electrons. The monoisotopic (exact) mass is 422 g/mol. The molecule has 0 aromatic heterocycles. The maximum atomic E-state index is 13.9. The number of halogens is 1. The van der Waals surface area contributed by atoms with Crippen molar-refractivity contribution in [1.29, 1.82) is 0 Å². The second kappa shape index (κ2) is 11.0. The van der Waals surface area contributed by atoms with Gasteiger partial charge in [0.25, 0.3) is 0 Å². The second-order valence-electron chi connectivity index (χ2n) is 6.68. The SMILES string of the molecule is COCCN(CCCc1ccccc1)C(=O)[C@H](C)NS(=O)(=O)c1ccccc1F. The summed E-state index contributed by atoms with van der Waals surface area (Å²) in [5.41, 5.74) is 1.17. The molecule has 0 fully saturated rings. The highest BCUT2D eigenvalue weighted by Crippen LogP contribution is 2.14. The van der Waals surface area contributed by atoms with Crippen LogP contribution in [0.15, 0.2) is 59.5 Å². The Labute approximate surface area is 171 Å². The fourth-order valence-corrected chi connectivity index (χ4v) is 4.21. The molecule has 158 valence electrons. The van der Waals surface area contributed by atoms with Crippen molar-refractivity contribution in [3.8, 4) is 0 Å². The number of carbonyl (C=O) groups is 1. The van der Waals surface area contributed by atoms with Crippen LogP contribution in [0.4, 0.5) is 4.39 Å². The highest BCUT2D eigenvalue weighted by Gasteiger charge is 2.27. The van der Waals surface area contributed by atoms with Gasteiger partial charge in [0.2, 0.25) is 15.9 Å². The van der Waals surface area contributed by atoms with Gasteiger partial charge in [-0.05, 0) is 37.5 Å². The van der Waals surface area contributed by atoms with Crippen molar-refractivity contribution < 1.29 is 22.3 Å². The van der Waals surface area contributed by atoms with Crippen LogP contribution >= 0.6 is 0 Å². The number of methoxy groups -OCH3 is 1. The predicted molar refractivity (Wildman–Crippen MR) is 109 cm³/mol. The van der Waals surface area contributed by atoms with Gasteiger partial charge in [0.1, 0.15) is 10.7 Å². The van der Waals surface area contributed by atoms with E-state index in [1.54, 1.807) is 4.90 Å². The summed E-state index contributed by atoms with van der Waals surface area (Å²) in [6, 6.07) is 13.9. The molecule has 1 N–H and O–H groups in total. The molecule has 1 amide bonds. The third kappa shape index (κ3) is 6.92. The zero-order valence-corrected chi connectivity index (χ0v) is 17.5. The molecule has 6 nitrogen and oxygen atoms in total. The summed E-state index contributed by atoms with van der Waals surface area (Å²) in [7, 11) is -2.62. The number of carbonyl (C=O) groups excluding carboxylic acids is 1. The number of sulfonamides is 1. The molecular formula is C21H27FN2O4S. The Morgan fingerprint density at radius 3 is 2.41 bits per heavy atom.